The summed E-state index contributed by atoms with van der Waals surface area (Å²) in [6.45, 7) is 5.46. The van der Waals surface area contributed by atoms with Crippen molar-refractivity contribution in [2.24, 2.45) is 17.8 Å². The number of carbonyl (C=O) groups is 4. The number of aliphatic hydroxyl groups is 1. The molecule has 2 fully saturated rings. The van der Waals surface area contributed by atoms with Crippen molar-refractivity contribution in [2.75, 3.05) is 20.2 Å². The number of benzene rings is 2. The van der Waals surface area contributed by atoms with Crippen LogP contribution in [-0.4, -0.2) is 109 Å². The average molecular weight is 790 g/mol. The van der Waals surface area contributed by atoms with Gasteiger partial charge in [-0.1, -0.05) is 96.0 Å². The highest BCUT2D eigenvalue weighted by Crippen LogP contribution is 2.59. The van der Waals surface area contributed by atoms with E-state index in [-0.39, 0.29) is 31.5 Å². The van der Waals surface area contributed by atoms with Crippen molar-refractivity contribution in [2.45, 2.75) is 82.6 Å². The summed E-state index contributed by atoms with van der Waals surface area (Å²) in [7, 11) is 1.69. The predicted octanol–water partition coefficient (Wildman–Crippen LogP) is 3.98. The molecule has 53 heavy (non-hydrogen) atoms. The molecule has 14 heteroatoms. The van der Waals surface area contributed by atoms with Crippen LogP contribution in [-0.2, 0) is 35.3 Å². The van der Waals surface area contributed by atoms with Crippen LogP contribution in [0, 0.1) is 17.8 Å². The van der Waals surface area contributed by atoms with Crippen molar-refractivity contribution in [3.63, 3.8) is 0 Å². The lowest BCUT2D eigenvalue weighted by Crippen LogP contribution is -2.59. The maximum atomic E-state index is 15.3. The number of fused-ring (bicyclic) bond motifs is 3. The summed E-state index contributed by atoms with van der Waals surface area (Å²) >= 11 is 3.63. The molecular formula is C39H45BrN6O7. The van der Waals surface area contributed by atoms with Crippen molar-refractivity contribution >= 4 is 50.7 Å². The zero-order chi connectivity index (χ0) is 37.6. The fourth-order valence-electron chi connectivity index (χ4n) is 8.38. The third-order valence-corrected chi connectivity index (χ3v) is 12.3. The van der Waals surface area contributed by atoms with E-state index in [1.807, 2.05) is 87.5 Å². The van der Waals surface area contributed by atoms with Gasteiger partial charge in [-0.2, -0.15) is 0 Å². The number of likely N-dealkylation sites (N-methyl/N-ethyl adjacent to an activating group) is 1. The Bertz CT molecular complexity index is 1950. The van der Waals surface area contributed by atoms with E-state index in [1.165, 1.54) is 4.90 Å². The Morgan fingerprint density at radius 3 is 2.49 bits per heavy atom. The summed E-state index contributed by atoms with van der Waals surface area (Å²) in [5.74, 6) is -4.11. The van der Waals surface area contributed by atoms with Crippen molar-refractivity contribution < 1.29 is 33.8 Å². The number of rotatable bonds is 7. The third-order valence-electron chi connectivity index (χ3n) is 11.6. The molecule has 1 N–H and O–H groups in total. The van der Waals surface area contributed by atoms with Gasteiger partial charge >= 0.3 is 5.97 Å². The predicted molar refractivity (Wildman–Crippen MR) is 198 cm³/mol. The highest BCUT2D eigenvalue weighted by Gasteiger charge is 2.75. The van der Waals surface area contributed by atoms with Gasteiger partial charge in [0.15, 0.2) is 0 Å². The Morgan fingerprint density at radius 2 is 1.75 bits per heavy atom. The largest absolute Gasteiger partial charge is 0.455 e. The van der Waals surface area contributed by atoms with Gasteiger partial charge in [-0.3, -0.25) is 19.2 Å². The Labute approximate surface area is 316 Å². The number of aromatic nitrogens is 3. The second-order valence-electron chi connectivity index (χ2n) is 14.5. The number of aliphatic hydroxyl groups excluding tert-OH is 1. The molecule has 1 aromatic heterocycles. The highest BCUT2D eigenvalue weighted by molar-refractivity contribution is 9.11. The molecule has 2 saturated heterocycles. The van der Waals surface area contributed by atoms with E-state index in [9.17, 15) is 19.5 Å². The van der Waals surface area contributed by atoms with E-state index in [2.05, 4.69) is 26.2 Å². The molecule has 1 spiro atoms. The molecule has 5 bridgehead atoms. The molecule has 2 aromatic carbocycles. The van der Waals surface area contributed by atoms with E-state index < -0.39 is 72.2 Å². The molecule has 0 aliphatic carbocycles. The molecule has 0 radical (unpaired) electrons. The van der Waals surface area contributed by atoms with Gasteiger partial charge in [0.05, 0.1) is 30.1 Å². The monoisotopic (exact) mass is 788 g/mol. The SMILES string of the molecule is CC[C@H](C)[C@H](CO)N1C(=O)[C@H]2[C@@H]3C(=O)O[C@H](c4ccccc4)[C@@H](C)N(C)C(=O)CC/C=C\CN(Cn4nnc5ccccc54)C(=O)[C@H]1[C@@]21C=C(Br)[C@@H]3O1. The molecule has 5 heterocycles. The van der Waals surface area contributed by atoms with Crippen LogP contribution < -0.4 is 0 Å². The first-order valence-corrected chi connectivity index (χ1v) is 19.0. The molecule has 4 aliphatic heterocycles. The van der Waals surface area contributed by atoms with Crippen molar-refractivity contribution in [3.05, 3.63) is 82.9 Å². The van der Waals surface area contributed by atoms with Gasteiger partial charge in [-0.15, -0.1) is 5.10 Å². The zero-order valence-electron chi connectivity index (χ0n) is 30.2. The normalized spacial score (nSPS) is 31.1. The Hall–Kier alpha value is -4.40. The number of para-hydroxylation sites is 1. The standard InChI is InChI=1S/C39H45BrN6O7/c1-5-23(2)29(21-47)46-35-37(50)44(22-45-28-17-12-11-16-27(28)41-42-45)19-13-7-10-18-30(48)43(4)24(3)33(25-14-8-6-9-15-25)52-38(51)31-32(36(46)49)39(35)20-26(40)34(31)53-39/h6-9,11-17,20,23-24,29,31-35,47H,5,10,18-19,21-22H2,1-4H3/b13-7-/t23-,24+,29-,31-,32+,33-,34-,35-,39+/m0/s1. The number of esters is 1. The van der Waals surface area contributed by atoms with Gasteiger partial charge < -0.3 is 29.3 Å². The van der Waals surface area contributed by atoms with E-state index in [4.69, 9.17) is 9.47 Å². The number of amides is 3. The summed E-state index contributed by atoms with van der Waals surface area (Å²) in [6.07, 6.45) is 4.95. The Morgan fingerprint density at radius 1 is 1.02 bits per heavy atom. The second-order valence-corrected chi connectivity index (χ2v) is 15.4. The fraction of sp³-hybridized carbons (Fsp3) is 0.487. The van der Waals surface area contributed by atoms with Gasteiger partial charge in [0, 0.05) is 24.5 Å². The number of halogens is 1. The fourth-order valence-corrected chi connectivity index (χ4v) is 9.11. The van der Waals surface area contributed by atoms with E-state index in [1.54, 1.807) is 27.6 Å². The van der Waals surface area contributed by atoms with Gasteiger partial charge in [0.1, 0.15) is 42.0 Å². The van der Waals surface area contributed by atoms with Gasteiger partial charge in [-0.25, -0.2) is 4.68 Å². The van der Waals surface area contributed by atoms with E-state index >= 15 is 4.79 Å². The number of cyclic esters (lactones) is 1. The van der Waals surface area contributed by atoms with Crippen LogP contribution in [0.3, 0.4) is 0 Å². The first-order chi connectivity index (χ1) is 25.5. The molecule has 3 amide bonds. The lowest BCUT2D eigenvalue weighted by Gasteiger charge is -2.40. The minimum Gasteiger partial charge on any atom is -0.455 e. The second kappa shape index (κ2) is 14.8. The first-order valence-electron chi connectivity index (χ1n) is 18.2. The van der Waals surface area contributed by atoms with E-state index in [0.29, 0.717) is 28.4 Å². The van der Waals surface area contributed by atoms with Crippen LogP contribution in [0.4, 0.5) is 0 Å². The number of ether oxygens (including phenoxy) is 2. The van der Waals surface area contributed by atoms with Crippen molar-refractivity contribution in [3.8, 4) is 0 Å². The van der Waals surface area contributed by atoms with Gasteiger partial charge in [0.2, 0.25) is 11.8 Å². The topological polar surface area (TPSA) is 147 Å². The number of carbonyl (C=O) groups excluding carboxylic acids is 4. The third kappa shape index (κ3) is 6.27. The van der Waals surface area contributed by atoms with Gasteiger partial charge in [-0.05, 0) is 43.0 Å². The summed E-state index contributed by atoms with van der Waals surface area (Å²) < 4.78 is 15.3. The zero-order valence-corrected chi connectivity index (χ0v) is 31.8. The summed E-state index contributed by atoms with van der Waals surface area (Å²) in [6, 6.07) is 14.1. The molecule has 13 nitrogen and oxygen atoms in total. The molecule has 7 rings (SSSR count). The Kier molecular flexibility index (Phi) is 10.3. The minimum atomic E-state index is -1.54. The number of hydrogen-bond acceptors (Lipinski definition) is 9. The molecule has 4 aliphatic rings. The lowest BCUT2D eigenvalue weighted by atomic mass is 9.74. The quantitative estimate of drug-likeness (QED) is 0.278. The maximum absolute atomic E-state index is 15.3. The summed E-state index contributed by atoms with van der Waals surface area (Å²) in [4.78, 5) is 63.0. The van der Waals surface area contributed by atoms with Crippen LogP contribution in [0.2, 0.25) is 0 Å². The van der Waals surface area contributed by atoms with Crippen LogP contribution in [0.15, 0.2) is 77.3 Å². The molecule has 280 valence electrons. The van der Waals surface area contributed by atoms with Crippen molar-refractivity contribution in [1.29, 1.82) is 0 Å². The average Bonchev–Trinajstić information content (AvgIpc) is 3.89. The smallest absolute Gasteiger partial charge is 0.313 e. The number of hydrogen-bond donors (Lipinski definition) is 1. The van der Waals surface area contributed by atoms with Crippen LogP contribution in [0.1, 0.15) is 51.7 Å². The number of nitrogens with zero attached hydrogens (tertiary/aromatic N) is 6. The van der Waals surface area contributed by atoms with Gasteiger partial charge in [0.25, 0.3) is 5.91 Å². The molecule has 3 aromatic rings. The Balaban J connectivity index is 1.36. The summed E-state index contributed by atoms with van der Waals surface area (Å²) in [5.41, 5.74) is 0.532. The molecular weight excluding hydrogens is 744 g/mol. The van der Waals surface area contributed by atoms with Crippen LogP contribution in [0.25, 0.3) is 11.0 Å². The first kappa shape index (κ1) is 36.9. The number of likely N-dealkylation sites (tertiary alicyclic amines) is 1. The van der Waals surface area contributed by atoms with E-state index in [0.717, 1.165) is 5.52 Å². The van der Waals surface area contributed by atoms with Crippen LogP contribution in [0.5, 0.6) is 0 Å². The molecule has 0 saturated carbocycles. The van der Waals surface area contributed by atoms with Crippen LogP contribution >= 0.6 is 15.9 Å². The summed E-state index contributed by atoms with van der Waals surface area (Å²) in [5, 5.41) is 19.5. The minimum absolute atomic E-state index is 0.00614. The number of allylic oxidation sites excluding steroid dienone is 1. The lowest BCUT2D eigenvalue weighted by molar-refractivity contribution is -0.164. The molecule has 9 atom stereocenters. The molecule has 0 unspecified atom stereocenters. The maximum Gasteiger partial charge on any atom is 0.313 e. The van der Waals surface area contributed by atoms with Crippen molar-refractivity contribution in [1.82, 2.24) is 29.7 Å². The highest BCUT2D eigenvalue weighted by atomic mass is 79.9.